The molecule has 0 N–H and O–H groups in total. The van der Waals surface area contributed by atoms with E-state index in [0.29, 0.717) is 24.5 Å². The Morgan fingerprint density at radius 2 is 2.00 bits per heavy atom. The molecule has 0 spiro atoms. The van der Waals surface area contributed by atoms with Crippen molar-refractivity contribution in [3.05, 3.63) is 59.7 Å². The summed E-state index contributed by atoms with van der Waals surface area (Å²) in [5.74, 6) is 1.22. The molecule has 5 heteroatoms. The zero-order valence-electron chi connectivity index (χ0n) is 15.7. The maximum atomic E-state index is 13.0. The number of nitriles is 1. The van der Waals surface area contributed by atoms with E-state index < -0.39 is 6.10 Å². The van der Waals surface area contributed by atoms with Gasteiger partial charge in [0, 0.05) is 6.54 Å². The van der Waals surface area contributed by atoms with Gasteiger partial charge in [-0.25, -0.2) is 0 Å². The summed E-state index contributed by atoms with van der Waals surface area (Å²) in [6.07, 6.45) is 1.24. The van der Waals surface area contributed by atoms with Gasteiger partial charge in [-0.05, 0) is 56.5 Å². The average molecular weight is 364 g/mol. The van der Waals surface area contributed by atoms with Crippen molar-refractivity contribution in [1.29, 1.82) is 5.26 Å². The lowest BCUT2D eigenvalue weighted by Crippen LogP contribution is -2.40. The van der Waals surface area contributed by atoms with Gasteiger partial charge in [-0.3, -0.25) is 4.79 Å². The van der Waals surface area contributed by atoms with E-state index in [1.807, 2.05) is 36.1 Å². The lowest BCUT2D eigenvalue weighted by Gasteiger charge is -2.28. The number of likely N-dealkylation sites (tertiary alicyclic amines) is 1. The van der Waals surface area contributed by atoms with Crippen LogP contribution in [0.25, 0.3) is 0 Å². The first-order chi connectivity index (χ1) is 13.1. The molecule has 2 aromatic carbocycles. The molecule has 2 atom stereocenters. The second-order valence-corrected chi connectivity index (χ2v) is 6.56. The Morgan fingerprint density at radius 1 is 1.26 bits per heavy atom. The van der Waals surface area contributed by atoms with Crippen LogP contribution < -0.4 is 9.47 Å². The van der Waals surface area contributed by atoms with Gasteiger partial charge in [0.1, 0.15) is 17.6 Å². The lowest BCUT2D eigenvalue weighted by atomic mass is 10.0. The molecule has 0 saturated carbocycles. The normalized spacial score (nSPS) is 17.2. The van der Waals surface area contributed by atoms with Crippen LogP contribution in [0, 0.1) is 11.3 Å². The van der Waals surface area contributed by atoms with Gasteiger partial charge in [0.05, 0.1) is 18.2 Å². The summed E-state index contributed by atoms with van der Waals surface area (Å²) < 4.78 is 11.3. The molecule has 2 aromatic rings. The van der Waals surface area contributed by atoms with E-state index in [1.54, 1.807) is 31.2 Å². The molecule has 0 aliphatic carbocycles. The van der Waals surface area contributed by atoms with Crippen LogP contribution in [0.1, 0.15) is 43.9 Å². The number of hydrogen-bond acceptors (Lipinski definition) is 4. The van der Waals surface area contributed by atoms with E-state index in [1.165, 1.54) is 0 Å². The van der Waals surface area contributed by atoms with Gasteiger partial charge in [-0.2, -0.15) is 5.26 Å². The van der Waals surface area contributed by atoms with E-state index in [9.17, 15) is 10.1 Å². The number of rotatable bonds is 6. The van der Waals surface area contributed by atoms with Crippen LogP contribution in [0.4, 0.5) is 0 Å². The Kier molecular flexibility index (Phi) is 5.97. The maximum Gasteiger partial charge on any atom is 0.263 e. The predicted molar refractivity (Wildman–Crippen MR) is 103 cm³/mol. The summed E-state index contributed by atoms with van der Waals surface area (Å²) in [5.41, 5.74) is 1.54. The highest BCUT2D eigenvalue weighted by molar-refractivity contribution is 5.81. The minimum absolute atomic E-state index is 0.0467. The number of amides is 1. The van der Waals surface area contributed by atoms with Gasteiger partial charge in [0.2, 0.25) is 0 Å². The van der Waals surface area contributed by atoms with Crippen molar-refractivity contribution in [2.45, 2.75) is 38.8 Å². The predicted octanol–water partition coefficient (Wildman–Crippen LogP) is 4.09. The van der Waals surface area contributed by atoms with Crippen molar-refractivity contribution in [2.24, 2.45) is 0 Å². The van der Waals surface area contributed by atoms with E-state index in [0.717, 1.165) is 24.2 Å². The summed E-state index contributed by atoms with van der Waals surface area (Å²) >= 11 is 0. The van der Waals surface area contributed by atoms with Crippen LogP contribution in [0.5, 0.6) is 11.5 Å². The van der Waals surface area contributed by atoms with Crippen LogP contribution in [-0.4, -0.2) is 30.1 Å². The zero-order chi connectivity index (χ0) is 19.2. The van der Waals surface area contributed by atoms with E-state index in [2.05, 4.69) is 6.07 Å². The lowest BCUT2D eigenvalue weighted by molar-refractivity contribution is -0.138. The fourth-order valence-corrected chi connectivity index (χ4v) is 3.47. The van der Waals surface area contributed by atoms with E-state index >= 15 is 0 Å². The van der Waals surface area contributed by atoms with Crippen molar-refractivity contribution in [1.82, 2.24) is 4.90 Å². The van der Waals surface area contributed by atoms with Crippen LogP contribution in [-0.2, 0) is 4.79 Å². The van der Waals surface area contributed by atoms with E-state index in [4.69, 9.17) is 9.47 Å². The van der Waals surface area contributed by atoms with Gasteiger partial charge in [0.15, 0.2) is 6.10 Å². The topological polar surface area (TPSA) is 62.6 Å². The zero-order valence-corrected chi connectivity index (χ0v) is 15.7. The van der Waals surface area contributed by atoms with Crippen LogP contribution in [0.3, 0.4) is 0 Å². The van der Waals surface area contributed by atoms with Crippen molar-refractivity contribution in [3.8, 4) is 17.6 Å². The van der Waals surface area contributed by atoms with Crippen molar-refractivity contribution in [2.75, 3.05) is 13.2 Å². The van der Waals surface area contributed by atoms with Gasteiger partial charge >= 0.3 is 0 Å². The van der Waals surface area contributed by atoms with Gasteiger partial charge in [-0.1, -0.05) is 24.3 Å². The average Bonchev–Trinajstić information content (AvgIpc) is 3.18. The molecule has 0 bridgehead atoms. The van der Waals surface area contributed by atoms with Gasteiger partial charge in [0.25, 0.3) is 5.91 Å². The molecule has 1 heterocycles. The Labute approximate surface area is 160 Å². The summed E-state index contributed by atoms with van der Waals surface area (Å²) in [6, 6.07) is 17.1. The SMILES string of the molecule is CCOc1ccc(C2CCCN2C(=O)C(C)Oc2ccccc2C#N)cc1. The molecular formula is C22H24N2O3. The van der Waals surface area contributed by atoms with Crippen molar-refractivity contribution >= 4 is 5.91 Å². The molecular weight excluding hydrogens is 340 g/mol. The largest absolute Gasteiger partial charge is 0.494 e. The molecule has 1 fully saturated rings. The quantitative estimate of drug-likeness (QED) is 0.774. The highest BCUT2D eigenvalue weighted by Gasteiger charge is 2.33. The summed E-state index contributed by atoms with van der Waals surface area (Å²) in [6.45, 7) is 5.04. The number of carbonyl (C=O) groups is 1. The third-order valence-electron chi connectivity index (χ3n) is 4.77. The smallest absolute Gasteiger partial charge is 0.263 e. The van der Waals surface area contributed by atoms with Crippen molar-refractivity contribution < 1.29 is 14.3 Å². The minimum Gasteiger partial charge on any atom is -0.494 e. The molecule has 140 valence electrons. The number of carbonyl (C=O) groups excluding carboxylic acids is 1. The molecule has 27 heavy (non-hydrogen) atoms. The minimum atomic E-state index is -0.650. The number of benzene rings is 2. The second-order valence-electron chi connectivity index (χ2n) is 6.56. The van der Waals surface area contributed by atoms with E-state index in [-0.39, 0.29) is 11.9 Å². The number of ether oxygens (including phenoxy) is 2. The Hall–Kier alpha value is -3.00. The monoisotopic (exact) mass is 364 g/mol. The molecule has 1 aliphatic rings. The molecule has 1 aliphatic heterocycles. The highest BCUT2D eigenvalue weighted by Crippen LogP contribution is 2.33. The summed E-state index contributed by atoms with van der Waals surface area (Å²) in [4.78, 5) is 14.9. The summed E-state index contributed by atoms with van der Waals surface area (Å²) in [7, 11) is 0. The Balaban J connectivity index is 1.72. The molecule has 1 saturated heterocycles. The molecule has 3 rings (SSSR count). The Morgan fingerprint density at radius 3 is 2.70 bits per heavy atom. The first-order valence-electron chi connectivity index (χ1n) is 9.33. The third-order valence-corrected chi connectivity index (χ3v) is 4.77. The van der Waals surface area contributed by atoms with Crippen LogP contribution in [0.15, 0.2) is 48.5 Å². The first kappa shape index (κ1) is 18.8. The van der Waals surface area contributed by atoms with Crippen LogP contribution >= 0.6 is 0 Å². The third kappa shape index (κ3) is 4.22. The number of hydrogen-bond donors (Lipinski definition) is 0. The molecule has 5 nitrogen and oxygen atoms in total. The molecule has 0 aromatic heterocycles. The number of nitrogens with zero attached hydrogens (tertiary/aromatic N) is 2. The Bertz CT molecular complexity index is 826. The second kappa shape index (κ2) is 8.59. The fraction of sp³-hybridized carbons (Fsp3) is 0.364. The summed E-state index contributed by atoms with van der Waals surface area (Å²) in [5, 5.41) is 9.20. The first-order valence-corrected chi connectivity index (χ1v) is 9.33. The van der Waals surface area contributed by atoms with Crippen molar-refractivity contribution in [3.63, 3.8) is 0 Å². The fourth-order valence-electron chi connectivity index (χ4n) is 3.47. The maximum absolute atomic E-state index is 13.0. The van der Waals surface area contributed by atoms with Gasteiger partial charge in [-0.15, -0.1) is 0 Å². The standard InChI is InChI=1S/C22H24N2O3/c1-3-26-19-12-10-17(11-13-19)20-8-6-14-24(20)22(25)16(2)27-21-9-5-4-7-18(21)15-23/h4-5,7,9-13,16,20H,3,6,8,14H2,1-2H3. The molecule has 2 unspecified atom stereocenters. The molecule has 1 amide bonds. The highest BCUT2D eigenvalue weighted by atomic mass is 16.5. The number of para-hydroxylation sites is 1. The molecule has 0 radical (unpaired) electrons. The van der Waals surface area contributed by atoms with Gasteiger partial charge < -0.3 is 14.4 Å². The van der Waals surface area contributed by atoms with Crippen LogP contribution in [0.2, 0.25) is 0 Å².